The van der Waals surface area contributed by atoms with Crippen LogP contribution >= 0.6 is 11.3 Å². The third-order valence-electron chi connectivity index (χ3n) is 7.05. The summed E-state index contributed by atoms with van der Waals surface area (Å²) in [5.41, 5.74) is 4.52. The second-order valence-corrected chi connectivity index (χ2v) is 11.0. The van der Waals surface area contributed by atoms with E-state index in [0.29, 0.717) is 27.8 Å². The van der Waals surface area contributed by atoms with Crippen molar-refractivity contribution < 1.29 is 24.2 Å². The first-order valence-corrected chi connectivity index (χ1v) is 13.5. The molecular formula is C31H30N2O5S. The molecule has 1 atom stereocenters. The molecule has 1 N–H and O–H groups in total. The Morgan fingerprint density at radius 3 is 2.49 bits per heavy atom. The standard InChI is InChI=1S/C31H30N2O5S/c1-16(2)21-15-22(18(4)13-24(21)38-6)28(34)26-27(19-8-7-9-20(14-19)37-5)33(30(36)29(26)35)31-32-23-11-10-17(3)12-25(23)39-31/h7-16,27,34H,1-6H3/b28-26+. The monoisotopic (exact) mass is 542 g/mol. The summed E-state index contributed by atoms with van der Waals surface area (Å²) in [6.45, 7) is 7.89. The third kappa shape index (κ3) is 4.55. The van der Waals surface area contributed by atoms with E-state index in [-0.39, 0.29) is 17.3 Å². The molecular weight excluding hydrogens is 512 g/mol. The fraction of sp³-hybridized carbons (Fsp3) is 0.258. The van der Waals surface area contributed by atoms with Gasteiger partial charge in [-0.2, -0.15) is 0 Å². The number of aryl methyl sites for hydroxylation is 2. The van der Waals surface area contributed by atoms with Gasteiger partial charge in [-0.05, 0) is 78.4 Å². The molecule has 5 rings (SSSR count). The highest BCUT2D eigenvalue weighted by Crippen LogP contribution is 2.45. The number of benzene rings is 3. The number of carbonyl (C=O) groups is 2. The molecule has 2 heterocycles. The molecule has 39 heavy (non-hydrogen) atoms. The van der Waals surface area contributed by atoms with Crippen LogP contribution in [-0.4, -0.2) is 36.0 Å². The van der Waals surface area contributed by atoms with E-state index >= 15 is 0 Å². The number of ketones is 1. The number of anilines is 1. The first-order chi connectivity index (χ1) is 18.6. The highest BCUT2D eigenvalue weighted by atomic mass is 32.1. The van der Waals surface area contributed by atoms with Crippen LogP contribution in [0.5, 0.6) is 11.5 Å². The normalized spacial score (nSPS) is 16.9. The zero-order valence-electron chi connectivity index (χ0n) is 22.7. The Morgan fingerprint density at radius 2 is 1.79 bits per heavy atom. The molecule has 7 nitrogen and oxygen atoms in total. The molecule has 1 saturated heterocycles. The van der Waals surface area contributed by atoms with E-state index in [1.165, 1.54) is 16.2 Å². The maximum atomic E-state index is 13.7. The number of thiazole rings is 1. The molecule has 0 radical (unpaired) electrons. The summed E-state index contributed by atoms with van der Waals surface area (Å²) in [4.78, 5) is 33.4. The van der Waals surface area contributed by atoms with Gasteiger partial charge in [0.05, 0.1) is 36.1 Å². The molecule has 200 valence electrons. The number of rotatable bonds is 6. The van der Waals surface area contributed by atoms with E-state index in [1.807, 2.05) is 64.1 Å². The first kappa shape index (κ1) is 26.4. The second kappa shape index (κ2) is 10.2. The summed E-state index contributed by atoms with van der Waals surface area (Å²) >= 11 is 1.34. The number of hydrogen-bond donors (Lipinski definition) is 1. The molecule has 4 aromatic rings. The van der Waals surface area contributed by atoms with Gasteiger partial charge in [-0.1, -0.05) is 43.4 Å². The van der Waals surface area contributed by atoms with Crippen molar-refractivity contribution in [3.05, 3.63) is 88.0 Å². The molecule has 1 aliphatic rings. The maximum absolute atomic E-state index is 13.7. The van der Waals surface area contributed by atoms with Crippen molar-refractivity contribution in [2.45, 2.75) is 39.7 Å². The lowest BCUT2D eigenvalue weighted by Gasteiger charge is -2.24. The van der Waals surface area contributed by atoms with Crippen LogP contribution in [0, 0.1) is 13.8 Å². The fourth-order valence-corrected chi connectivity index (χ4v) is 6.10. The number of aromatic nitrogens is 1. The smallest absolute Gasteiger partial charge is 0.301 e. The number of methoxy groups -OCH3 is 2. The van der Waals surface area contributed by atoms with Crippen LogP contribution in [0.15, 0.2) is 60.2 Å². The molecule has 1 fully saturated rings. The van der Waals surface area contributed by atoms with Gasteiger partial charge < -0.3 is 14.6 Å². The Balaban J connectivity index is 1.77. The van der Waals surface area contributed by atoms with Crippen molar-refractivity contribution in [1.82, 2.24) is 4.98 Å². The van der Waals surface area contributed by atoms with Crippen LogP contribution < -0.4 is 14.4 Å². The average molecular weight is 543 g/mol. The van der Waals surface area contributed by atoms with Gasteiger partial charge in [0.15, 0.2) is 5.13 Å². The molecule has 1 aromatic heterocycles. The van der Waals surface area contributed by atoms with Crippen LogP contribution in [-0.2, 0) is 9.59 Å². The predicted octanol–water partition coefficient (Wildman–Crippen LogP) is 6.68. The molecule has 0 saturated carbocycles. The van der Waals surface area contributed by atoms with E-state index in [2.05, 4.69) is 0 Å². The van der Waals surface area contributed by atoms with E-state index in [4.69, 9.17) is 14.5 Å². The molecule has 0 spiro atoms. The van der Waals surface area contributed by atoms with Gasteiger partial charge in [-0.25, -0.2) is 4.98 Å². The predicted molar refractivity (Wildman–Crippen MR) is 154 cm³/mol. The van der Waals surface area contributed by atoms with Crippen molar-refractivity contribution in [2.24, 2.45) is 0 Å². The number of fused-ring (bicyclic) bond motifs is 1. The van der Waals surface area contributed by atoms with Gasteiger partial charge in [-0.15, -0.1) is 0 Å². The van der Waals surface area contributed by atoms with E-state index in [9.17, 15) is 14.7 Å². The van der Waals surface area contributed by atoms with Gasteiger partial charge in [0, 0.05) is 5.56 Å². The fourth-order valence-electron chi connectivity index (χ4n) is 5.01. The number of ether oxygens (including phenoxy) is 2. The zero-order chi connectivity index (χ0) is 28.0. The Labute approximate surface area is 231 Å². The summed E-state index contributed by atoms with van der Waals surface area (Å²) in [6, 6.07) is 15.8. The van der Waals surface area contributed by atoms with Crippen LogP contribution in [0.25, 0.3) is 16.0 Å². The molecule has 3 aromatic carbocycles. The summed E-state index contributed by atoms with van der Waals surface area (Å²) in [5, 5.41) is 12.1. The zero-order valence-corrected chi connectivity index (χ0v) is 23.6. The lowest BCUT2D eigenvalue weighted by atomic mass is 9.91. The summed E-state index contributed by atoms with van der Waals surface area (Å²) < 4.78 is 11.9. The number of amides is 1. The van der Waals surface area contributed by atoms with Crippen LogP contribution in [0.2, 0.25) is 0 Å². The molecule has 1 aliphatic heterocycles. The maximum Gasteiger partial charge on any atom is 0.301 e. The lowest BCUT2D eigenvalue weighted by molar-refractivity contribution is -0.132. The van der Waals surface area contributed by atoms with Gasteiger partial charge in [0.25, 0.3) is 5.78 Å². The Kier molecular flexibility index (Phi) is 6.91. The largest absolute Gasteiger partial charge is 0.507 e. The third-order valence-corrected chi connectivity index (χ3v) is 8.06. The quantitative estimate of drug-likeness (QED) is 0.166. The Hall–Kier alpha value is -4.17. The van der Waals surface area contributed by atoms with Crippen LogP contribution in [0.1, 0.15) is 53.6 Å². The van der Waals surface area contributed by atoms with Crippen molar-refractivity contribution in [3.8, 4) is 11.5 Å². The molecule has 0 bridgehead atoms. The summed E-state index contributed by atoms with van der Waals surface area (Å²) in [5.74, 6) is -0.362. The average Bonchev–Trinajstić information content (AvgIpc) is 3.45. The first-order valence-electron chi connectivity index (χ1n) is 12.7. The van der Waals surface area contributed by atoms with Crippen molar-refractivity contribution in [1.29, 1.82) is 0 Å². The number of aliphatic hydroxyl groups excluding tert-OH is 1. The molecule has 0 aliphatic carbocycles. The van der Waals surface area contributed by atoms with Gasteiger partial charge >= 0.3 is 5.91 Å². The Bertz CT molecular complexity index is 1650. The van der Waals surface area contributed by atoms with E-state index < -0.39 is 17.7 Å². The minimum atomic E-state index is -0.897. The molecule has 8 heteroatoms. The topological polar surface area (TPSA) is 89.0 Å². The highest BCUT2D eigenvalue weighted by Gasteiger charge is 2.48. The van der Waals surface area contributed by atoms with Crippen molar-refractivity contribution in [3.63, 3.8) is 0 Å². The molecule has 1 unspecified atom stereocenters. The van der Waals surface area contributed by atoms with E-state index in [1.54, 1.807) is 32.4 Å². The number of carbonyl (C=O) groups excluding carboxylic acids is 2. The number of aliphatic hydroxyl groups is 1. The number of Topliss-reactive ketones (excluding diaryl/α,β-unsaturated/α-hetero) is 1. The van der Waals surface area contributed by atoms with Crippen LogP contribution in [0.3, 0.4) is 0 Å². The van der Waals surface area contributed by atoms with Gasteiger partial charge in [-0.3, -0.25) is 14.5 Å². The summed E-state index contributed by atoms with van der Waals surface area (Å²) in [7, 11) is 3.16. The lowest BCUT2D eigenvalue weighted by Crippen LogP contribution is -2.29. The minimum absolute atomic E-state index is 0.00617. The SMILES string of the molecule is COc1cccc(C2/C(=C(\O)c3cc(C(C)C)c(OC)cc3C)C(=O)C(=O)N2c2nc3ccc(C)cc3s2)c1. The van der Waals surface area contributed by atoms with Gasteiger partial charge in [0.1, 0.15) is 17.3 Å². The van der Waals surface area contributed by atoms with Crippen molar-refractivity contribution >= 4 is 44.1 Å². The Morgan fingerprint density at radius 1 is 1.03 bits per heavy atom. The molecule has 1 amide bonds. The number of nitrogens with zero attached hydrogens (tertiary/aromatic N) is 2. The second-order valence-electron chi connectivity index (χ2n) is 9.98. The van der Waals surface area contributed by atoms with Crippen LogP contribution in [0.4, 0.5) is 5.13 Å². The summed E-state index contributed by atoms with van der Waals surface area (Å²) in [6.07, 6.45) is 0. The number of hydrogen-bond acceptors (Lipinski definition) is 7. The van der Waals surface area contributed by atoms with Gasteiger partial charge in [0.2, 0.25) is 0 Å². The van der Waals surface area contributed by atoms with Crippen molar-refractivity contribution in [2.75, 3.05) is 19.1 Å². The van der Waals surface area contributed by atoms with E-state index in [0.717, 1.165) is 26.9 Å². The highest BCUT2D eigenvalue weighted by molar-refractivity contribution is 7.22. The minimum Gasteiger partial charge on any atom is -0.507 e.